The molecule has 1 saturated carbocycles. The van der Waals surface area contributed by atoms with E-state index in [1.165, 1.54) is 6.33 Å². The maximum Gasteiger partial charge on any atom is 0.256 e. The Kier molecular flexibility index (Phi) is 6.44. The lowest BCUT2D eigenvalue weighted by molar-refractivity contribution is 0.0908. The number of anilines is 2. The van der Waals surface area contributed by atoms with Gasteiger partial charge in [-0.05, 0) is 25.0 Å². The Labute approximate surface area is 147 Å². The Morgan fingerprint density at radius 1 is 1.16 bits per heavy atom. The lowest BCUT2D eigenvalue weighted by atomic mass is 10.1. The second-order valence-corrected chi connectivity index (χ2v) is 5.93. The van der Waals surface area contributed by atoms with Crippen LogP contribution < -0.4 is 10.6 Å². The van der Waals surface area contributed by atoms with Crippen molar-refractivity contribution in [3.05, 3.63) is 48.3 Å². The van der Waals surface area contributed by atoms with Crippen LogP contribution in [-0.2, 0) is 0 Å². The minimum atomic E-state index is -0.508. The molecular formula is C18H24N4O3. The van der Waals surface area contributed by atoms with Crippen molar-refractivity contribution >= 4 is 17.5 Å². The number of nitrogens with zero attached hydrogens (tertiary/aromatic N) is 2. The van der Waals surface area contributed by atoms with E-state index in [9.17, 15) is 15.0 Å². The first-order valence-corrected chi connectivity index (χ1v) is 7.89. The molecule has 0 bridgehead atoms. The average molecular weight is 344 g/mol. The van der Waals surface area contributed by atoms with Crippen LogP contribution in [0.4, 0.5) is 11.6 Å². The van der Waals surface area contributed by atoms with Gasteiger partial charge < -0.3 is 20.8 Å². The van der Waals surface area contributed by atoms with Crippen molar-refractivity contribution in [1.82, 2.24) is 9.97 Å². The number of rotatable bonds is 5. The van der Waals surface area contributed by atoms with E-state index in [1.54, 1.807) is 30.3 Å². The van der Waals surface area contributed by atoms with E-state index >= 15 is 0 Å². The summed E-state index contributed by atoms with van der Waals surface area (Å²) in [6.45, 7) is -0.0263. The van der Waals surface area contributed by atoms with E-state index < -0.39 is 6.10 Å². The zero-order chi connectivity index (χ0) is 16.9. The van der Waals surface area contributed by atoms with Gasteiger partial charge in [-0.3, -0.25) is 4.79 Å². The number of aliphatic hydroxyl groups excluding tert-OH is 2. The molecule has 7 heteroatoms. The van der Waals surface area contributed by atoms with Gasteiger partial charge in [0.2, 0.25) is 0 Å². The lowest BCUT2D eigenvalue weighted by Gasteiger charge is -2.13. The van der Waals surface area contributed by atoms with E-state index in [0.29, 0.717) is 30.0 Å². The van der Waals surface area contributed by atoms with Crippen molar-refractivity contribution in [2.24, 2.45) is 5.92 Å². The molecule has 1 aromatic heterocycles. The largest absolute Gasteiger partial charge is 0.396 e. The summed E-state index contributed by atoms with van der Waals surface area (Å²) in [6, 6.07) is 10.6. The highest BCUT2D eigenvalue weighted by Gasteiger charge is 2.32. The zero-order valence-corrected chi connectivity index (χ0v) is 13.1. The molecule has 3 atom stereocenters. The molecule has 1 aromatic carbocycles. The van der Waals surface area contributed by atoms with Gasteiger partial charge in [0.25, 0.3) is 5.91 Å². The van der Waals surface area contributed by atoms with Crippen molar-refractivity contribution in [2.45, 2.75) is 32.4 Å². The van der Waals surface area contributed by atoms with Gasteiger partial charge in [-0.25, -0.2) is 9.97 Å². The molecule has 1 amide bonds. The number of aliphatic hydroxyl groups is 2. The Balaban J connectivity index is 0.00000225. The zero-order valence-electron chi connectivity index (χ0n) is 13.1. The molecule has 7 nitrogen and oxygen atoms in total. The number of carbonyl (C=O) groups excluding carboxylic acids is 1. The summed E-state index contributed by atoms with van der Waals surface area (Å²) in [5.41, 5.74) is 0.551. The highest BCUT2D eigenvalue weighted by atomic mass is 16.3. The second kappa shape index (κ2) is 8.55. The van der Waals surface area contributed by atoms with Gasteiger partial charge in [0, 0.05) is 30.2 Å². The molecule has 4 N–H and O–H groups in total. The van der Waals surface area contributed by atoms with E-state index in [1.807, 2.05) is 6.07 Å². The van der Waals surface area contributed by atoms with Crippen LogP contribution in [0.25, 0.3) is 0 Å². The molecule has 0 spiro atoms. The molecule has 3 rings (SSSR count). The molecule has 134 valence electrons. The third-order valence-electron chi connectivity index (χ3n) is 4.19. The Morgan fingerprint density at radius 2 is 1.88 bits per heavy atom. The predicted molar refractivity (Wildman–Crippen MR) is 96.4 cm³/mol. The Bertz CT molecular complexity index is 696. The van der Waals surface area contributed by atoms with E-state index in [0.717, 1.165) is 0 Å². The quantitative estimate of drug-likeness (QED) is 0.660. The number of amides is 1. The van der Waals surface area contributed by atoms with Crippen LogP contribution in [0.1, 0.15) is 30.6 Å². The van der Waals surface area contributed by atoms with Crippen molar-refractivity contribution in [3.63, 3.8) is 0 Å². The first-order chi connectivity index (χ1) is 11.7. The molecule has 1 heterocycles. The summed E-state index contributed by atoms with van der Waals surface area (Å²) in [7, 11) is 0. The second-order valence-electron chi connectivity index (χ2n) is 5.93. The van der Waals surface area contributed by atoms with Gasteiger partial charge in [-0.1, -0.05) is 25.6 Å². The monoisotopic (exact) mass is 344 g/mol. The van der Waals surface area contributed by atoms with Gasteiger partial charge in [0.05, 0.1) is 6.10 Å². The number of nitrogens with one attached hydrogen (secondary N) is 2. The summed E-state index contributed by atoms with van der Waals surface area (Å²) < 4.78 is 0. The van der Waals surface area contributed by atoms with Crippen LogP contribution in [0.5, 0.6) is 0 Å². The molecular weight excluding hydrogens is 320 g/mol. The third kappa shape index (κ3) is 4.74. The first kappa shape index (κ1) is 18.8. The van der Waals surface area contributed by atoms with Crippen molar-refractivity contribution in [1.29, 1.82) is 0 Å². The first-order valence-electron chi connectivity index (χ1n) is 7.89. The lowest BCUT2D eigenvalue weighted by Crippen LogP contribution is -2.18. The van der Waals surface area contributed by atoms with Crippen LogP contribution in [0.3, 0.4) is 0 Å². The highest BCUT2D eigenvalue weighted by Crippen LogP contribution is 2.28. The van der Waals surface area contributed by atoms with Gasteiger partial charge in [0.1, 0.15) is 18.0 Å². The fourth-order valence-electron chi connectivity index (χ4n) is 2.91. The normalized spacial score (nSPS) is 22.1. The average Bonchev–Trinajstić information content (AvgIpc) is 2.95. The minimum absolute atomic E-state index is 0. The maximum absolute atomic E-state index is 12.1. The molecule has 2 aromatic rings. The molecule has 1 aliphatic carbocycles. The molecule has 0 radical (unpaired) electrons. The van der Waals surface area contributed by atoms with E-state index in [4.69, 9.17) is 0 Å². The predicted octanol–water partition coefficient (Wildman–Crippen LogP) is 1.91. The van der Waals surface area contributed by atoms with Crippen LogP contribution in [0, 0.1) is 5.92 Å². The smallest absolute Gasteiger partial charge is 0.256 e. The summed E-state index contributed by atoms with van der Waals surface area (Å²) in [5, 5.41) is 25.0. The van der Waals surface area contributed by atoms with Gasteiger partial charge in [-0.15, -0.1) is 0 Å². The molecule has 0 aliphatic heterocycles. The SMILES string of the molecule is C.O=C(Nc1cc(N[C@@H]2C[C@H](CO)[C@@H](O)C2)ncn1)c1ccccc1. The third-order valence-corrected chi connectivity index (χ3v) is 4.19. The Hall–Kier alpha value is -2.51. The van der Waals surface area contributed by atoms with Gasteiger partial charge in [0.15, 0.2) is 0 Å². The van der Waals surface area contributed by atoms with E-state index in [2.05, 4.69) is 20.6 Å². The minimum Gasteiger partial charge on any atom is -0.396 e. The summed E-state index contributed by atoms with van der Waals surface area (Å²) >= 11 is 0. The maximum atomic E-state index is 12.1. The van der Waals surface area contributed by atoms with Crippen molar-refractivity contribution in [3.8, 4) is 0 Å². The molecule has 25 heavy (non-hydrogen) atoms. The number of aromatic nitrogens is 2. The fraction of sp³-hybridized carbons (Fsp3) is 0.389. The van der Waals surface area contributed by atoms with Crippen molar-refractivity contribution < 1.29 is 15.0 Å². The summed E-state index contributed by atoms with van der Waals surface area (Å²) in [4.78, 5) is 20.3. The molecule has 0 saturated heterocycles. The van der Waals surface area contributed by atoms with Gasteiger partial charge >= 0.3 is 0 Å². The number of carbonyl (C=O) groups is 1. The van der Waals surface area contributed by atoms with E-state index in [-0.39, 0.29) is 31.9 Å². The number of hydrogen-bond acceptors (Lipinski definition) is 6. The van der Waals surface area contributed by atoms with Crippen molar-refractivity contribution in [2.75, 3.05) is 17.2 Å². The molecule has 0 unspecified atom stereocenters. The van der Waals surface area contributed by atoms with Crippen LogP contribution in [-0.4, -0.2) is 44.8 Å². The standard InChI is InChI=1S/C17H20N4O3.CH4/c22-9-12-6-13(7-14(12)23)20-15-8-16(19-10-18-15)21-17(24)11-4-2-1-3-5-11;/h1-5,8,10,12-14,22-23H,6-7,9H2,(H2,18,19,20,21,24);1H4/t12-,13-,14+;/m1./s1. The molecule has 1 fully saturated rings. The topological polar surface area (TPSA) is 107 Å². The van der Waals surface area contributed by atoms with Crippen LogP contribution in [0.15, 0.2) is 42.7 Å². The Morgan fingerprint density at radius 3 is 2.56 bits per heavy atom. The summed E-state index contributed by atoms with van der Waals surface area (Å²) in [6.07, 6.45) is 2.10. The van der Waals surface area contributed by atoms with Crippen LogP contribution >= 0.6 is 0 Å². The number of hydrogen-bond donors (Lipinski definition) is 4. The number of benzene rings is 1. The van der Waals surface area contributed by atoms with Gasteiger partial charge in [-0.2, -0.15) is 0 Å². The highest BCUT2D eigenvalue weighted by molar-refractivity contribution is 6.03. The summed E-state index contributed by atoms with van der Waals surface area (Å²) in [5.74, 6) is 0.626. The molecule has 1 aliphatic rings. The fourth-order valence-corrected chi connectivity index (χ4v) is 2.91. The van der Waals surface area contributed by atoms with Crippen LogP contribution in [0.2, 0.25) is 0 Å².